The van der Waals surface area contributed by atoms with Crippen molar-refractivity contribution in [3.05, 3.63) is 34.6 Å². The van der Waals surface area contributed by atoms with Gasteiger partial charge < -0.3 is 5.73 Å². The van der Waals surface area contributed by atoms with Crippen molar-refractivity contribution in [2.45, 2.75) is 45.4 Å². The Morgan fingerprint density at radius 1 is 1.29 bits per heavy atom. The molecule has 0 amide bonds. The van der Waals surface area contributed by atoms with Crippen LogP contribution in [-0.4, -0.2) is 0 Å². The van der Waals surface area contributed by atoms with Gasteiger partial charge in [-0.25, -0.2) is 0 Å². The van der Waals surface area contributed by atoms with E-state index in [1.807, 2.05) is 0 Å². The van der Waals surface area contributed by atoms with Crippen LogP contribution in [0.4, 0.5) is 0 Å². The van der Waals surface area contributed by atoms with E-state index in [0.29, 0.717) is 0 Å². The van der Waals surface area contributed by atoms with Crippen molar-refractivity contribution in [3.8, 4) is 0 Å². The fraction of sp³-hybridized carbons (Fsp3) is 0.538. The molecule has 0 aromatic heterocycles. The molecule has 0 spiro atoms. The Bertz CT molecular complexity index is 318. The lowest BCUT2D eigenvalue weighted by Crippen LogP contribution is -2.04. The fourth-order valence-corrected chi connectivity index (χ4v) is 2.50. The summed E-state index contributed by atoms with van der Waals surface area (Å²) >= 11 is 0. The topological polar surface area (TPSA) is 26.0 Å². The highest BCUT2D eigenvalue weighted by molar-refractivity contribution is 5.46. The molecule has 0 aromatic carbocycles. The minimum absolute atomic E-state index is 1.09. The lowest BCUT2D eigenvalue weighted by atomic mass is 10.0. The van der Waals surface area contributed by atoms with E-state index in [1.54, 1.807) is 0 Å². The largest absolute Gasteiger partial charge is 0.398 e. The Morgan fingerprint density at radius 2 is 2.14 bits per heavy atom. The molecule has 2 rings (SSSR count). The summed E-state index contributed by atoms with van der Waals surface area (Å²) < 4.78 is 0. The molecule has 0 heterocycles. The lowest BCUT2D eigenvalue weighted by molar-refractivity contribution is 0.899. The summed E-state index contributed by atoms with van der Waals surface area (Å²) in [6.45, 7) is 2.12. The molecule has 2 aliphatic rings. The molecule has 0 aromatic rings. The molecule has 76 valence electrons. The Balaban J connectivity index is 2.29. The second-order valence-electron chi connectivity index (χ2n) is 4.18. The molecule has 0 aliphatic heterocycles. The van der Waals surface area contributed by atoms with Crippen molar-refractivity contribution in [2.24, 2.45) is 5.73 Å². The van der Waals surface area contributed by atoms with Gasteiger partial charge in [0, 0.05) is 5.70 Å². The Kier molecular flexibility index (Phi) is 2.76. The minimum atomic E-state index is 1.09. The first-order valence-electron chi connectivity index (χ1n) is 5.66. The maximum atomic E-state index is 6.22. The summed E-state index contributed by atoms with van der Waals surface area (Å²) in [5.74, 6) is 0. The summed E-state index contributed by atoms with van der Waals surface area (Å²) in [5, 5.41) is 0. The normalized spacial score (nSPS) is 28.4. The van der Waals surface area contributed by atoms with Gasteiger partial charge in [0.2, 0.25) is 0 Å². The molecular weight excluding hydrogens is 170 g/mol. The summed E-state index contributed by atoms with van der Waals surface area (Å²) in [4.78, 5) is 0. The van der Waals surface area contributed by atoms with Gasteiger partial charge in [-0.05, 0) is 62.2 Å². The van der Waals surface area contributed by atoms with E-state index in [-0.39, 0.29) is 0 Å². The van der Waals surface area contributed by atoms with E-state index in [9.17, 15) is 0 Å². The van der Waals surface area contributed by atoms with Crippen molar-refractivity contribution in [2.75, 3.05) is 0 Å². The van der Waals surface area contributed by atoms with Crippen molar-refractivity contribution >= 4 is 0 Å². The predicted octanol–water partition coefficient (Wildman–Crippen LogP) is 3.44. The van der Waals surface area contributed by atoms with E-state index in [1.165, 1.54) is 55.2 Å². The van der Waals surface area contributed by atoms with Crippen molar-refractivity contribution in [3.63, 3.8) is 0 Å². The van der Waals surface area contributed by atoms with Gasteiger partial charge in [-0.2, -0.15) is 0 Å². The third kappa shape index (κ3) is 1.63. The van der Waals surface area contributed by atoms with Crippen LogP contribution in [0.5, 0.6) is 0 Å². The van der Waals surface area contributed by atoms with Gasteiger partial charge in [-0.1, -0.05) is 12.2 Å². The van der Waals surface area contributed by atoms with Crippen molar-refractivity contribution < 1.29 is 0 Å². The summed E-state index contributed by atoms with van der Waals surface area (Å²) in [5.41, 5.74) is 11.6. The van der Waals surface area contributed by atoms with Gasteiger partial charge in [0.05, 0.1) is 0 Å². The van der Waals surface area contributed by atoms with Crippen LogP contribution in [0, 0.1) is 0 Å². The van der Waals surface area contributed by atoms with Gasteiger partial charge in [-0.3, -0.25) is 0 Å². The second kappa shape index (κ2) is 4.04. The van der Waals surface area contributed by atoms with Crippen LogP contribution in [0.1, 0.15) is 45.4 Å². The number of hydrogen-bond donors (Lipinski definition) is 1. The summed E-state index contributed by atoms with van der Waals surface area (Å²) in [7, 11) is 0. The first-order chi connectivity index (χ1) is 6.83. The molecule has 0 radical (unpaired) electrons. The number of rotatable bonds is 1. The molecule has 1 nitrogen and oxygen atoms in total. The van der Waals surface area contributed by atoms with Crippen LogP contribution >= 0.6 is 0 Å². The van der Waals surface area contributed by atoms with Gasteiger partial charge in [-0.15, -0.1) is 0 Å². The lowest BCUT2D eigenvalue weighted by Gasteiger charge is -2.08. The molecule has 1 heteroatoms. The van der Waals surface area contributed by atoms with E-state index in [2.05, 4.69) is 19.1 Å². The molecular formula is C13H19N. The van der Waals surface area contributed by atoms with E-state index >= 15 is 0 Å². The zero-order valence-corrected chi connectivity index (χ0v) is 8.97. The van der Waals surface area contributed by atoms with Crippen LogP contribution in [0.2, 0.25) is 0 Å². The van der Waals surface area contributed by atoms with Gasteiger partial charge >= 0.3 is 0 Å². The molecule has 14 heavy (non-hydrogen) atoms. The van der Waals surface area contributed by atoms with Crippen LogP contribution in [0.3, 0.4) is 0 Å². The molecule has 0 atom stereocenters. The first-order valence-corrected chi connectivity index (χ1v) is 5.66. The second-order valence-corrected chi connectivity index (χ2v) is 4.18. The van der Waals surface area contributed by atoms with E-state index < -0.39 is 0 Å². The Morgan fingerprint density at radius 3 is 2.79 bits per heavy atom. The third-order valence-corrected chi connectivity index (χ3v) is 3.32. The van der Waals surface area contributed by atoms with Crippen molar-refractivity contribution in [1.29, 1.82) is 0 Å². The zero-order chi connectivity index (χ0) is 9.97. The maximum absolute atomic E-state index is 6.22. The predicted molar refractivity (Wildman–Crippen MR) is 60.8 cm³/mol. The number of hydrogen-bond acceptors (Lipinski definition) is 1. The summed E-state index contributed by atoms with van der Waals surface area (Å²) in [6.07, 6.45) is 11.9. The smallest absolute Gasteiger partial charge is 0.0378 e. The molecule has 1 fully saturated rings. The molecule has 1 saturated carbocycles. The zero-order valence-electron chi connectivity index (χ0n) is 8.97. The quantitative estimate of drug-likeness (QED) is 0.672. The van der Waals surface area contributed by atoms with Gasteiger partial charge in [0.25, 0.3) is 0 Å². The van der Waals surface area contributed by atoms with Crippen LogP contribution < -0.4 is 5.73 Å². The van der Waals surface area contributed by atoms with E-state index in [4.69, 9.17) is 5.73 Å². The highest BCUT2D eigenvalue weighted by Gasteiger charge is 2.18. The van der Waals surface area contributed by atoms with Crippen molar-refractivity contribution in [1.82, 2.24) is 0 Å². The third-order valence-electron chi connectivity index (χ3n) is 3.32. The molecule has 2 aliphatic carbocycles. The highest BCUT2D eigenvalue weighted by Crippen LogP contribution is 2.35. The molecule has 0 bridgehead atoms. The Labute approximate surface area is 86.4 Å². The summed E-state index contributed by atoms with van der Waals surface area (Å²) in [6, 6.07) is 0. The van der Waals surface area contributed by atoms with Crippen LogP contribution in [0.15, 0.2) is 34.6 Å². The van der Waals surface area contributed by atoms with Gasteiger partial charge in [0.1, 0.15) is 0 Å². The maximum Gasteiger partial charge on any atom is 0.0378 e. The minimum Gasteiger partial charge on any atom is -0.398 e. The van der Waals surface area contributed by atoms with Crippen LogP contribution in [-0.2, 0) is 0 Å². The fourth-order valence-electron chi connectivity index (χ4n) is 2.50. The Hall–Kier alpha value is -0.980. The average molecular weight is 189 g/mol. The van der Waals surface area contributed by atoms with Crippen LogP contribution in [0.25, 0.3) is 0 Å². The van der Waals surface area contributed by atoms with Gasteiger partial charge in [0.15, 0.2) is 0 Å². The number of allylic oxidation sites excluding steroid dienone is 5. The average Bonchev–Trinajstić information content (AvgIpc) is 2.87. The molecule has 0 saturated heterocycles. The highest BCUT2D eigenvalue weighted by atomic mass is 14.6. The molecule has 0 unspecified atom stereocenters. The number of nitrogens with two attached hydrogens (primary N) is 1. The standard InChI is InChI=1S/C13H19N/c1-2-10-8-5-9-12(10)13(14)11-6-3-4-7-11/h2,6H,3-5,7-9,14H2,1H3/b10-2+,13-12+. The molecule has 2 N–H and O–H groups in total. The SMILES string of the molecule is C/C=C1\CCC\C1=C(/N)C1=CCCC1. The first kappa shape index (κ1) is 9.57. The monoisotopic (exact) mass is 189 g/mol. The van der Waals surface area contributed by atoms with E-state index in [0.717, 1.165) is 5.70 Å².